The molecule has 112 valence electrons. The third-order valence-corrected chi connectivity index (χ3v) is 4.36. The lowest BCUT2D eigenvalue weighted by Crippen LogP contribution is -2.40. The molecule has 1 aliphatic heterocycles. The number of benzene rings is 2. The predicted molar refractivity (Wildman–Crippen MR) is 85.7 cm³/mol. The third kappa shape index (κ3) is 1.99. The number of rotatable bonds is 2. The van der Waals surface area contributed by atoms with Crippen LogP contribution in [0.3, 0.4) is 0 Å². The van der Waals surface area contributed by atoms with E-state index in [0.29, 0.717) is 16.4 Å². The van der Waals surface area contributed by atoms with Crippen molar-refractivity contribution in [3.05, 3.63) is 76.0 Å². The van der Waals surface area contributed by atoms with Crippen LogP contribution in [0.25, 0.3) is 0 Å². The summed E-state index contributed by atoms with van der Waals surface area (Å²) in [6.45, 7) is 3.40. The van der Waals surface area contributed by atoms with Crippen molar-refractivity contribution in [2.75, 3.05) is 0 Å². The maximum absolute atomic E-state index is 12.7. The van der Waals surface area contributed by atoms with Crippen molar-refractivity contribution >= 4 is 23.0 Å². The number of nitrogens with zero attached hydrogens (tertiary/aromatic N) is 2. The summed E-state index contributed by atoms with van der Waals surface area (Å²) in [5.41, 5.74) is 1.20. The Morgan fingerprint density at radius 1 is 1.05 bits per heavy atom. The summed E-state index contributed by atoms with van der Waals surface area (Å²) in [5.74, 6) is 0. The van der Waals surface area contributed by atoms with Crippen molar-refractivity contribution in [2.24, 2.45) is 0 Å². The van der Waals surface area contributed by atoms with Crippen LogP contribution in [-0.2, 0) is 5.66 Å². The van der Waals surface area contributed by atoms with Crippen LogP contribution in [0.4, 0.5) is 0 Å². The molecule has 1 atom stereocenters. The Kier molecular flexibility index (Phi) is 3.41. The summed E-state index contributed by atoms with van der Waals surface area (Å²) in [5, 5.41) is 24.1. The fraction of sp³-hybridized carbons (Fsp3) is 0.176. The van der Waals surface area contributed by atoms with Crippen LogP contribution in [0, 0.1) is 5.21 Å². The molecule has 5 heteroatoms. The Balaban J connectivity index is 2.21. The molecule has 0 unspecified atom stereocenters. The summed E-state index contributed by atoms with van der Waals surface area (Å²) in [6, 6.07) is 16.3. The van der Waals surface area contributed by atoms with Gasteiger partial charge in [-0.2, -0.15) is 0 Å². The molecule has 0 radical (unpaired) electrons. The first-order valence-electron chi connectivity index (χ1n) is 6.95. The first-order chi connectivity index (χ1) is 10.5. The Morgan fingerprint density at radius 3 is 2.23 bits per heavy atom. The van der Waals surface area contributed by atoms with Crippen molar-refractivity contribution in [1.82, 2.24) is 0 Å². The van der Waals surface area contributed by atoms with Crippen LogP contribution in [-0.4, -0.2) is 26.1 Å². The Hall–Kier alpha value is -2.33. The molecule has 1 N–H and O–H groups in total. The maximum Gasteiger partial charge on any atom is 0.431 e. The SMILES string of the molecule is CC1=[N+]([O-])[C@@](C)(c2ccccc2)[N+](O)=C1c1ccc(Cl)cc1. The van der Waals surface area contributed by atoms with Crippen LogP contribution < -0.4 is 0 Å². The van der Waals surface area contributed by atoms with Gasteiger partial charge in [-0.3, -0.25) is 5.21 Å². The number of hydroxylamine groups is 2. The van der Waals surface area contributed by atoms with Crippen LogP contribution in [0.2, 0.25) is 5.02 Å². The van der Waals surface area contributed by atoms with E-state index in [1.54, 1.807) is 38.1 Å². The Bertz CT molecular complexity index is 782. The Labute approximate surface area is 133 Å². The fourth-order valence-electron chi connectivity index (χ4n) is 2.81. The van der Waals surface area contributed by atoms with E-state index in [9.17, 15) is 10.4 Å². The molecular weight excluding hydrogens is 300 g/mol. The highest BCUT2D eigenvalue weighted by atomic mass is 35.5. The van der Waals surface area contributed by atoms with Crippen LogP contribution in [0.5, 0.6) is 0 Å². The van der Waals surface area contributed by atoms with Gasteiger partial charge in [0.05, 0.1) is 22.8 Å². The van der Waals surface area contributed by atoms with E-state index in [2.05, 4.69) is 0 Å². The van der Waals surface area contributed by atoms with Gasteiger partial charge in [0.1, 0.15) is 0 Å². The molecule has 0 saturated heterocycles. The third-order valence-electron chi connectivity index (χ3n) is 4.11. The van der Waals surface area contributed by atoms with Crippen molar-refractivity contribution in [3.8, 4) is 0 Å². The molecule has 0 saturated carbocycles. The normalized spacial score (nSPS) is 21.6. The molecule has 1 heterocycles. The topological polar surface area (TPSA) is 49.3 Å². The van der Waals surface area contributed by atoms with Gasteiger partial charge in [-0.1, -0.05) is 29.8 Å². The van der Waals surface area contributed by atoms with Gasteiger partial charge >= 0.3 is 11.4 Å². The van der Waals surface area contributed by atoms with Gasteiger partial charge in [-0.05, 0) is 36.4 Å². The molecule has 0 fully saturated rings. The summed E-state index contributed by atoms with van der Waals surface area (Å²) in [6.07, 6.45) is 0. The molecule has 2 aromatic rings. The molecule has 0 aliphatic carbocycles. The lowest BCUT2D eigenvalue weighted by atomic mass is 10.0. The molecular formula is C17H16ClN2O2+. The summed E-state index contributed by atoms with van der Waals surface area (Å²) >= 11 is 5.91. The maximum atomic E-state index is 12.7. The summed E-state index contributed by atoms with van der Waals surface area (Å²) in [4.78, 5) is 0. The van der Waals surface area contributed by atoms with E-state index in [0.717, 1.165) is 20.6 Å². The van der Waals surface area contributed by atoms with Crippen molar-refractivity contribution in [3.63, 3.8) is 0 Å². The monoisotopic (exact) mass is 315 g/mol. The highest BCUT2D eigenvalue weighted by Gasteiger charge is 2.58. The van der Waals surface area contributed by atoms with E-state index in [4.69, 9.17) is 11.6 Å². The van der Waals surface area contributed by atoms with Crippen molar-refractivity contribution in [2.45, 2.75) is 19.5 Å². The average Bonchev–Trinajstić information content (AvgIpc) is 2.71. The molecule has 2 aromatic carbocycles. The van der Waals surface area contributed by atoms with Gasteiger partial charge in [0.2, 0.25) is 0 Å². The molecule has 0 bridgehead atoms. The minimum atomic E-state index is -1.19. The zero-order valence-corrected chi connectivity index (χ0v) is 13.1. The lowest BCUT2D eigenvalue weighted by molar-refractivity contribution is -0.929. The zero-order valence-electron chi connectivity index (χ0n) is 12.3. The standard InChI is InChI=1S/C17H16ClN2O2/c1-12-16(13-8-10-15(18)11-9-13)20(22)17(2,19(12)21)14-6-4-3-5-7-14/h3-11,22H,1-2H3/q+1/t17-/m1/s1. The molecule has 0 aromatic heterocycles. The molecule has 4 nitrogen and oxygen atoms in total. The highest BCUT2D eigenvalue weighted by Crippen LogP contribution is 2.30. The highest BCUT2D eigenvalue weighted by molar-refractivity contribution is 6.44. The van der Waals surface area contributed by atoms with E-state index in [-0.39, 0.29) is 0 Å². The molecule has 1 aliphatic rings. The van der Waals surface area contributed by atoms with Gasteiger partial charge in [0, 0.05) is 11.9 Å². The van der Waals surface area contributed by atoms with Gasteiger partial charge in [0.15, 0.2) is 0 Å². The number of halogens is 1. The first-order valence-corrected chi connectivity index (χ1v) is 7.33. The first kappa shape index (κ1) is 14.6. The van der Waals surface area contributed by atoms with Gasteiger partial charge in [-0.25, -0.2) is 0 Å². The van der Waals surface area contributed by atoms with Gasteiger partial charge < -0.3 is 5.21 Å². The van der Waals surface area contributed by atoms with Crippen LogP contribution in [0.1, 0.15) is 25.0 Å². The van der Waals surface area contributed by atoms with E-state index < -0.39 is 5.66 Å². The molecule has 22 heavy (non-hydrogen) atoms. The van der Waals surface area contributed by atoms with Crippen molar-refractivity contribution in [1.29, 1.82) is 0 Å². The second-order valence-electron chi connectivity index (χ2n) is 5.43. The summed E-state index contributed by atoms with van der Waals surface area (Å²) < 4.78 is 1.88. The molecule has 3 rings (SSSR count). The second-order valence-corrected chi connectivity index (χ2v) is 5.87. The largest absolute Gasteiger partial charge is 0.618 e. The van der Waals surface area contributed by atoms with E-state index in [1.807, 2.05) is 30.3 Å². The van der Waals surface area contributed by atoms with Crippen LogP contribution >= 0.6 is 11.6 Å². The van der Waals surface area contributed by atoms with Gasteiger partial charge in [-0.15, -0.1) is 4.74 Å². The molecule has 0 spiro atoms. The smallest absolute Gasteiger partial charge is 0.431 e. The molecule has 0 amide bonds. The predicted octanol–water partition coefficient (Wildman–Crippen LogP) is 3.39. The average molecular weight is 316 g/mol. The van der Waals surface area contributed by atoms with E-state index >= 15 is 0 Å². The zero-order chi connectivity index (χ0) is 15.9. The van der Waals surface area contributed by atoms with Crippen LogP contribution in [0.15, 0.2) is 54.6 Å². The Morgan fingerprint density at radius 2 is 1.64 bits per heavy atom. The minimum Gasteiger partial charge on any atom is -0.618 e. The van der Waals surface area contributed by atoms with E-state index in [1.165, 1.54) is 0 Å². The summed E-state index contributed by atoms with van der Waals surface area (Å²) in [7, 11) is 0. The fourth-order valence-corrected chi connectivity index (χ4v) is 2.94. The minimum absolute atomic E-state index is 0.455. The quantitative estimate of drug-likeness (QED) is 0.524. The second kappa shape index (κ2) is 5.14. The van der Waals surface area contributed by atoms with Crippen molar-refractivity contribution < 1.29 is 14.7 Å². The van der Waals surface area contributed by atoms with Gasteiger partial charge in [0.25, 0.3) is 5.71 Å². The number of hydrogen-bond donors (Lipinski definition) is 1. The lowest BCUT2D eigenvalue weighted by Gasteiger charge is -2.17. The number of hydrogen-bond acceptors (Lipinski definition) is 2.